The molecule has 1 fully saturated rings. The van der Waals surface area contributed by atoms with E-state index in [4.69, 9.17) is 4.74 Å². The Bertz CT molecular complexity index is 1170. The van der Waals surface area contributed by atoms with Crippen LogP contribution in [0.5, 0.6) is 5.75 Å². The Morgan fingerprint density at radius 2 is 1.79 bits per heavy atom. The molecule has 2 aromatic rings. The Morgan fingerprint density at radius 3 is 2.45 bits per heavy atom. The number of carbonyl (C=O) groups is 1. The maximum absolute atomic E-state index is 13.7. The molecular formula is C28H34O4S. The highest BCUT2D eigenvalue weighted by molar-refractivity contribution is 7.92. The summed E-state index contributed by atoms with van der Waals surface area (Å²) in [5, 5.41) is -0.450. The molecule has 0 radical (unpaired) electrons. The Kier molecular flexibility index (Phi) is 6.30. The Morgan fingerprint density at radius 1 is 1.06 bits per heavy atom. The van der Waals surface area contributed by atoms with Gasteiger partial charge >= 0.3 is 0 Å². The standard InChI is InChI=1S/C28H34O4S/c1-27(2,3)21-8-11-25(12-9-21)33(30,31)26-13-10-22-17-23(29)14-15-28(22,19-26)18-20-6-5-7-24(16-20)32-4/h5-9,11-12,16-17,26H,10,13-15,18-19H2,1-4H3. The molecular weight excluding hydrogens is 432 g/mol. The van der Waals surface area contributed by atoms with Crippen molar-refractivity contribution in [1.82, 2.24) is 0 Å². The van der Waals surface area contributed by atoms with Gasteiger partial charge in [-0.15, -0.1) is 0 Å². The molecule has 33 heavy (non-hydrogen) atoms. The summed E-state index contributed by atoms with van der Waals surface area (Å²) in [5.41, 5.74) is 3.03. The zero-order valence-electron chi connectivity index (χ0n) is 20.1. The zero-order chi connectivity index (χ0) is 23.9. The number of hydrogen-bond donors (Lipinski definition) is 0. The van der Waals surface area contributed by atoms with Crippen molar-refractivity contribution >= 4 is 15.6 Å². The number of sulfone groups is 1. The van der Waals surface area contributed by atoms with Crippen molar-refractivity contribution < 1.29 is 17.9 Å². The predicted molar refractivity (Wildman–Crippen MR) is 131 cm³/mol. The van der Waals surface area contributed by atoms with Crippen LogP contribution in [0.4, 0.5) is 0 Å². The number of benzene rings is 2. The minimum atomic E-state index is -3.47. The van der Waals surface area contributed by atoms with Gasteiger partial charge in [0.15, 0.2) is 15.6 Å². The molecule has 1 saturated carbocycles. The fourth-order valence-electron chi connectivity index (χ4n) is 5.42. The Hall–Kier alpha value is -2.40. The van der Waals surface area contributed by atoms with E-state index < -0.39 is 15.1 Å². The third-order valence-corrected chi connectivity index (χ3v) is 9.59. The number of ether oxygens (including phenoxy) is 1. The smallest absolute Gasteiger partial charge is 0.181 e. The van der Waals surface area contributed by atoms with E-state index in [-0.39, 0.29) is 16.6 Å². The average molecular weight is 467 g/mol. The van der Waals surface area contributed by atoms with Crippen LogP contribution < -0.4 is 4.74 Å². The van der Waals surface area contributed by atoms with Gasteiger partial charge in [-0.05, 0) is 84.4 Å². The van der Waals surface area contributed by atoms with Crippen molar-refractivity contribution in [3.8, 4) is 5.75 Å². The molecule has 0 heterocycles. The number of rotatable bonds is 5. The topological polar surface area (TPSA) is 60.4 Å². The zero-order valence-corrected chi connectivity index (χ0v) is 20.9. The van der Waals surface area contributed by atoms with Gasteiger partial charge in [0.05, 0.1) is 17.3 Å². The second-order valence-corrected chi connectivity index (χ2v) is 12.9. The number of methoxy groups -OCH3 is 1. The lowest BCUT2D eigenvalue weighted by Gasteiger charge is -2.45. The first-order chi connectivity index (χ1) is 15.5. The molecule has 2 atom stereocenters. The van der Waals surface area contributed by atoms with Gasteiger partial charge in [0.2, 0.25) is 0 Å². The highest BCUT2D eigenvalue weighted by Gasteiger charge is 2.46. The van der Waals surface area contributed by atoms with Crippen LogP contribution in [0.25, 0.3) is 0 Å². The lowest BCUT2D eigenvalue weighted by atomic mass is 9.62. The predicted octanol–water partition coefficient (Wildman–Crippen LogP) is 5.84. The SMILES string of the molecule is COc1cccc(CC23CCC(=O)C=C2CCC(S(=O)(=O)c2ccc(C(C)(C)C)cc2)C3)c1. The van der Waals surface area contributed by atoms with Crippen molar-refractivity contribution in [3.63, 3.8) is 0 Å². The first-order valence-corrected chi connectivity index (χ1v) is 13.3. The molecule has 2 aromatic carbocycles. The number of hydrogen-bond acceptors (Lipinski definition) is 4. The van der Waals surface area contributed by atoms with Gasteiger partial charge in [0.25, 0.3) is 0 Å². The highest BCUT2D eigenvalue weighted by atomic mass is 32.2. The molecule has 4 nitrogen and oxygen atoms in total. The maximum Gasteiger partial charge on any atom is 0.181 e. The summed E-state index contributed by atoms with van der Waals surface area (Å²) >= 11 is 0. The third kappa shape index (κ3) is 4.79. The van der Waals surface area contributed by atoms with E-state index in [1.807, 2.05) is 30.3 Å². The van der Waals surface area contributed by atoms with Crippen LogP contribution in [-0.2, 0) is 26.5 Å². The first-order valence-electron chi connectivity index (χ1n) is 11.7. The summed E-state index contributed by atoms with van der Waals surface area (Å²) in [6.07, 6.45) is 5.45. The second-order valence-electron chi connectivity index (χ2n) is 10.6. The van der Waals surface area contributed by atoms with E-state index in [9.17, 15) is 13.2 Å². The largest absolute Gasteiger partial charge is 0.497 e. The van der Waals surface area contributed by atoms with Gasteiger partial charge in [-0.2, -0.15) is 0 Å². The van der Waals surface area contributed by atoms with Crippen molar-refractivity contribution in [2.45, 2.75) is 74.9 Å². The van der Waals surface area contributed by atoms with Gasteiger partial charge in [-0.25, -0.2) is 8.42 Å². The molecule has 2 aliphatic carbocycles. The molecule has 0 aromatic heterocycles. The fourth-order valence-corrected chi connectivity index (χ4v) is 7.28. The van der Waals surface area contributed by atoms with E-state index in [0.29, 0.717) is 37.0 Å². The number of fused-ring (bicyclic) bond motifs is 1. The van der Waals surface area contributed by atoms with Crippen molar-refractivity contribution in [2.75, 3.05) is 7.11 Å². The van der Waals surface area contributed by atoms with Gasteiger partial charge in [0, 0.05) is 6.42 Å². The van der Waals surface area contributed by atoms with Crippen LogP contribution in [-0.4, -0.2) is 26.6 Å². The van der Waals surface area contributed by atoms with Gasteiger partial charge in [-0.1, -0.05) is 50.6 Å². The molecule has 4 rings (SSSR count). The van der Waals surface area contributed by atoms with E-state index in [1.54, 1.807) is 25.3 Å². The molecule has 2 aliphatic rings. The molecule has 0 N–H and O–H groups in total. The van der Waals surface area contributed by atoms with Crippen LogP contribution in [0.2, 0.25) is 0 Å². The maximum atomic E-state index is 13.7. The molecule has 5 heteroatoms. The summed E-state index contributed by atoms with van der Waals surface area (Å²) < 4.78 is 32.7. The van der Waals surface area contributed by atoms with Gasteiger partial charge < -0.3 is 4.74 Å². The van der Waals surface area contributed by atoms with Crippen LogP contribution in [0.3, 0.4) is 0 Å². The molecule has 0 spiro atoms. The van der Waals surface area contributed by atoms with Crippen LogP contribution in [0.15, 0.2) is 65.1 Å². The quantitative estimate of drug-likeness (QED) is 0.556. The van der Waals surface area contributed by atoms with E-state index in [2.05, 4.69) is 26.8 Å². The summed E-state index contributed by atoms with van der Waals surface area (Å²) in [7, 11) is -1.82. The Balaban J connectivity index is 1.66. The monoisotopic (exact) mass is 466 g/mol. The van der Waals surface area contributed by atoms with Crippen molar-refractivity contribution in [2.24, 2.45) is 5.41 Å². The van der Waals surface area contributed by atoms with E-state index in [0.717, 1.165) is 28.9 Å². The molecule has 0 amide bonds. The highest BCUT2D eigenvalue weighted by Crippen LogP contribution is 2.51. The van der Waals surface area contributed by atoms with Crippen molar-refractivity contribution in [3.05, 3.63) is 71.3 Å². The number of ketones is 1. The average Bonchev–Trinajstić information content (AvgIpc) is 2.78. The minimum Gasteiger partial charge on any atom is -0.497 e. The first kappa shape index (κ1) is 23.7. The van der Waals surface area contributed by atoms with E-state index in [1.165, 1.54) is 0 Å². The molecule has 2 unspecified atom stereocenters. The summed E-state index contributed by atoms with van der Waals surface area (Å²) in [6.45, 7) is 6.37. The van der Waals surface area contributed by atoms with Crippen molar-refractivity contribution in [1.29, 1.82) is 0 Å². The molecule has 176 valence electrons. The number of allylic oxidation sites excluding steroid dienone is 2. The Labute approximate surface area is 198 Å². The summed E-state index contributed by atoms with van der Waals surface area (Å²) in [4.78, 5) is 12.6. The van der Waals surface area contributed by atoms with Crippen LogP contribution in [0.1, 0.15) is 64.0 Å². The second kappa shape index (κ2) is 8.75. The van der Waals surface area contributed by atoms with Crippen LogP contribution in [0, 0.1) is 5.41 Å². The molecule has 0 aliphatic heterocycles. The number of carbonyl (C=O) groups excluding carboxylic acids is 1. The molecule has 0 bridgehead atoms. The van der Waals surface area contributed by atoms with Gasteiger partial charge in [-0.3, -0.25) is 4.79 Å². The van der Waals surface area contributed by atoms with Crippen LogP contribution >= 0.6 is 0 Å². The van der Waals surface area contributed by atoms with Gasteiger partial charge in [0.1, 0.15) is 5.75 Å². The summed E-state index contributed by atoms with van der Waals surface area (Å²) in [5.74, 6) is 0.950. The fraction of sp³-hybridized carbons (Fsp3) is 0.464. The third-order valence-electron chi connectivity index (χ3n) is 7.38. The lowest BCUT2D eigenvalue weighted by molar-refractivity contribution is -0.116. The minimum absolute atomic E-state index is 0.0255. The molecule has 0 saturated heterocycles. The summed E-state index contributed by atoms with van der Waals surface area (Å²) in [6, 6.07) is 15.4. The lowest BCUT2D eigenvalue weighted by Crippen LogP contribution is -2.41. The normalized spacial score (nSPS) is 23.6. The van der Waals surface area contributed by atoms with E-state index >= 15 is 0 Å².